The van der Waals surface area contributed by atoms with Crippen molar-refractivity contribution in [3.05, 3.63) is 242 Å². The third-order valence-corrected chi connectivity index (χ3v) is 24.7. The maximum atomic E-state index is 18.3. The zero-order valence-electron chi connectivity index (χ0n) is 59.8. The van der Waals surface area contributed by atoms with Gasteiger partial charge in [-0.2, -0.15) is 0 Å². The molecular weight excluding hydrogens is 1090 g/mol. The van der Waals surface area contributed by atoms with E-state index in [1.54, 1.807) is 24.3 Å². The Labute approximate surface area is 514 Å². The number of hydrogen-bond acceptors (Lipinski definition) is 2. The van der Waals surface area contributed by atoms with Crippen molar-refractivity contribution in [2.24, 2.45) is 0 Å². The molecule has 0 atom stereocenters. The van der Waals surface area contributed by atoms with Crippen LogP contribution in [-0.2, 0) is 0 Å². The molecule has 0 N–H and O–H groups in total. The molecule has 12 aromatic carbocycles. The molecule has 2 nitrogen and oxygen atoms in total. The van der Waals surface area contributed by atoms with Gasteiger partial charge >= 0.3 is 0 Å². The molecule has 0 saturated heterocycles. The highest BCUT2D eigenvalue weighted by Crippen LogP contribution is 2.50. The SMILES string of the molecule is [2H]c1c([2H])c([2H])c(N(c2cc(-c3ccc([Si](C)(C)C)cc3)c(-c3ccc([Si](C)(C)C)cc3)cc2F)c2ccc3ccc4c(N(c5cc(-c6ccc([Si](C)(C)C)cc6)c(-c6ccc([Si](C)(C)C)cc6)cc5F)c5c([2H])c([2H])c([2H])c([2H])c5[2H])ccc5ccc2c3c54)c([2H])c1[2H]. The number of nitrogens with zero attached hydrogens (tertiary/aromatic N) is 2. The summed E-state index contributed by atoms with van der Waals surface area (Å²) < 4.78 is 129. The van der Waals surface area contributed by atoms with Gasteiger partial charge in [-0.1, -0.05) is 269 Å². The Morgan fingerprint density at radius 2 is 0.560 bits per heavy atom. The van der Waals surface area contributed by atoms with Gasteiger partial charge in [-0.15, -0.1) is 0 Å². The van der Waals surface area contributed by atoms with Crippen LogP contribution >= 0.6 is 0 Å². The van der Waals surface area contributed by atoms with Gasteiger partial charge in [-0.25, -0.2) is 8.78 Å². The molecule has 0 heterocycles. The number of benzene rings is 12. The summed E-state index contributed by atoms with van der Waals surface area (Å²) in [5, 5.41) is 8.59. The summed E-state index contributed by atoms with van der Waals surface area (Å²) in [6, 6.07) is 48.4. The van der Waals surface area contributed by atoms with Crippen molar-refractivity contribution in [1.29, 1.82) is 0 Å². The van der Waals surface area contributed by atoms with Gasteiger partial charge in [0.1, 0.15) is 11.6 Å². The first-order valence-corrected chi connectivity index (χ1v) is 42.7. The quantitative estimate of drug-likeness (QED) is 0.0791. The Kier molecular flexibility index (Phi) is 11.7. The zero-order valence-corrected chi connectivity index (χ0v) is 53.8. The van der Waals surface area contributed by atoms with Crippen LogP contribution in [0.25, 0.3) is 76.8 Å². The molecule has 12 aromatic rings. The van der Waals surface area contributed by atoms with Crippen molar-refractivity contribution < 1.29 is 22.5 Å². The average Bonchev–Trinajstić information content (AvgIpc) is 0.715. The van der Waals surface area contributed by atoms with Crippen LogP contribution in [0.15, 0.2) is 230 Å². The predicted octanol–water partition coefficient (Wildman–Crippen LogP) is 20.7. The van der Waals surface area contributed by atoms with Crippen LogP contribution < -0.4 is 30.5 Å². The van der Waals surface area contributed by atoms with E-state index in [0.717, 1.165) is 22.3 Å². The van der Waals surface area contributed by atoms with E-state index in [2.05, 4.69) is 127 Å². The number of halogens is 2. The summed E-state index contributed by atoms with van der Waals surface area (Å²) in [6.45, 7) is 27.2. The molecule has 418 valence electrons. The fraction of sp³-hybridized carbons (Fsp3) is 0.158. The van der Waals surface area contributed by atoms with Gasteiger partial charge in [0.15, 0.2) is 0 Å². The summed E-state index contributed by atoms with van der Waals surface area (Å²) in [4.78, 5) is 2.87. The Hall–Kier alpha value is -7.99. The van der Waals surface area contributed by atoms with Gasteiger partial charge in [0.2, 0.25) is 0 Å². The van der Waals surface area contributed by atoms with Gasteiger partial charge < -0.3 is 9.80 Å². The van der Waals surface area contributed by atoms with E-state index < -0.39 is 104 Å². The van der Waals surface area contributed by atoms with Crippen LogP contribution in [0.1, 0.15) is 13.7 Å². The molecule has 0 spiro atoms. The van der Waals surface area contributed by atoms with E-state index in [0.29, 0.717) is 54.6 Å². The second-order valence-electron chi connectivity index (χ2n) is 26.2. The van der Waals surface area contributed by atoms with Gasteiger partial charge in [0, 0.05) is 22.1 Å². The van der Waals surface area contributed by atoms with Gasteiger partial charge in [-0.3, -0.25) is 0 Å². The van der Waals surface area contributed by atoms with E-state index in [9.17, 15) is 5.48 Å². The van der Waals surface area contributed by atoms with Crippen molar-refractivity contribution in [2.75, 3.05) is 9.80 Å². The third kappa shape index (κ3) is 10.7. The molecule has 0 radical (unpaired) electrons. The molecule has 0 aromatic heterocycles. The minimum atomic E-state index is -1.78. The monoisotopic (exact) mass is 1170 g/mol. The molecule has 0 aliphatic carbocycles. The van der Waals surface area contributed by atoms with Gasteiger partial charge in [0.25, 0.3) is 0 Å². The first-order valence-electron chi connectivity index (χ1n) is 33.7. The number of para-hydroxylation sites is 2. The second-order valence-corrected chi connectivity index (χ2v) is 46.5. The van der Waals surface area contributed by atoms with Crippen LogP contribution in [0.2, 0.25) is 78.6 Å². The lowest BCUT2D eigenvalue weighted by molar-refractivity contribution is 0.629. The minimum Gasteiger partial charge on any atom is -0.307 e. The zero-order chi connectivity index (χ0) is 67.7. The van der Waals surface area contributed by atoms with Crippen molar-refractivity contribution >= 4 is 119 Å². The molecule has 84 heavy (non-hydrogen) atoms. The number of anilines is 6. The van der Waals surface area contributed by atoms with Crippen LogP contribution in [0, 0.1) is 11.6 Å². The van der Waals surface area contributed by atoms with Crippen molar-refractivity contribution in [3.8, 4) is 44.5 Å². The molecule has 0 unspecified atom stereocenters. The average molecular weight is 1180 g/mol. The minimum absolute atomic E-state index is 0.0785. The number of rotatable bonds is 14. The summed E-state index contributed by atoms with van der Waals surface area (Å²) in [6.07, 6.45) is 0. The highest BCUT2D eigenvalue weighted by atomic mass is 28.3. The summed E-state index contributed by atoms with van der Waals surface area (Å²) >= 11 is 0. The fourth-order valence-electron chi connectivity index (χ4n) is 11.6. The van der Waals surface area contributed by atoms with E-state index in [1.165, 1.54) is 42.7 Å². The largest absolute Gasteiger partial charge is 0.307 e. The molecule has 0 amide bonds. The van der Waals surface area contributed by atoms with Gasteiger partial charge in [-0.05, 0) is 127 Å². The van der Waals surface area contributed by atoms with Gasteiger partial charge in [0.05, 0.1) is 68.8 Å². The summed E-state index contributed by atoms with van der Waals surface area (Å²) in [5.74, 6) is -1.44. The Morgan fingerprint density at radius 1 is 0.298 bits per heavy atom. The smallest absolute Gasteiger partial charge is 0.147 e. The standard InChI is InChI=1S/C76H74F2N2Si4/c1-81(2,3)59-35-23-51(24-36-59)65-47-69(77)73(49-67(65)53-27-39-61(40-28-53)83(7,8)9)79(57-19-15-13-16-20-57)71-45-33-55-32-44-64-72(46-34-56-31-43-63(71)75(55)76(56)64)80(58-21-17-14-18-22-58)74-50-68(54-29-41-62(42-30-54)84(10,11)12)66(48-70(74)78)52-25-37-60(38-26-52)82(4,5)6/h13-50H,1-12H3/i13D,14D,15D,16D,17D,18D,19D,20D,21D,22D. The normalized spacial score (nSPS) is 14.1. The molecule has 0 aliphatic heterocycles. The third-order valence-electron chi connectivity index (χ3n) is 16.4. The maximum absolute atomic E-state index is 18.3. The number of hydrogen-bond donors (Lipinski definition) is 0. The lowest BCUT2D eigenvalue weighted by Gasteiger charge is -2.30. The van der Waals surface area contributed by atoms with Crippen molar-refractivity contribution in [2.45, 2.75) is 78.6 Å². The Bertz CT molecular complexity index is 4650. The molecule has 12 rings (SSSR count). The Balaban J connectivity index is 1.15. The molecular formula is C76H74F2N2Si4. The van der Waals surface area contributed by atoms with Crippen LogP contribution in [0.5, 0.6) is 0 Å². The maximum Gasteiger partial charge on any atom is 0.147 e. The Morgan fingerprint density at radius 3 is 0.833 bits per heavy atom. The van der Waals surface area contributed by atoms with E-state index in [4.69, 9.17) is 8.22 Å². The highest BCUT2D eigenvalue weighted by Gasteiger charge is 2.28. The molecule has 0 bridgehead atoms. The van der Waals surface area contributed by atoms with E-state index >= 15 is 8.78 Å². The fourth-order valence-corrected chi connectivity index (χ4v) is 16.3. The highest BCUT2D eigenvalue weighted by molar-refractivity contribution is 6.90. The van der Waals surface area contributed by atoms with Crippen molar-refractivity contribution in [3.63, 3.8) is 0 Å². The first kappa shape index (κ1) is 45.4. The van der Waals surface area contributed by atoms with E-state index in [-0.39, 0.29) is 34.1 Å². The topological polar surface area (TPSA) is 6.48 Å². The summed E-state index contributed by atoms with van der Waals surface area (Å²) in [5.41, 5.74) is 5.48. The first-order chi connectivity index (χ1) is 44.1. The summed E-state index contributed by atoms with van der Waals surface area (Å²) in [7, 11) is -7.04. The predicted molar refractivity (Wildman–Crippen MR) is 373 cm³/mol. The lowest BCUT2D eigenvalue weighted by Crippen LogP contribution is -2.37. The van der Waals surface area contributed by atoms with Crippen molar-refractivity contribution in [1.82, 2.24) is 0 Å². The molecule has 0 aliphatic rings. The molecule has 0 saturated carbocycles. The van der Waals surface area contributed by atoms with E-state index in [1.807, 2.05) is 84.9 Å². The molecule has 0 fully saturated rings. The van der Waals surface area contributed by atoms with Crippen LogP contribution in [-0.4, -0.2) is 32.3 Å². The lowest BCUT2D eigenvalue weighted by atomic mass is 9.90. The second kappa shape index (κ2) is 21.6. The molecule has 8 heteroatoms. The van der Waals surface area contributed by atoms with Crippen LogP contribution in [0.3, 0.4) is 0 Å². The van der Waals surface area contributed by atoms with Crippen LogP contribution in [0.4, 0.5) is 42.9 Å².